The Labute approximate surface area is 137 Å². The molecule has 120 valence electrons. The molecule has 2 aromatic rings. The van der Waals surface area contributed by atoms with Gasteiger partial charge in [0, 0.05) is 18.3 Å². The maximum Gasteiger partial charge on any atom is 0.213 e. The number of fused-ring (bicyclic) bond motifs is 1. The summed E-state index contributed by atoms with van der Waals surface area (Å²) in [6.45, 7) is 1.24. The van der Waals surface area contributed by atoms with Gasteiger partial charge in [0.15, 0.2) is 0 Å². The highest BCUT2D eigenvalue weighted by Gasteiger charge is 2.29. The summed E-state index contributed by atoms with van der Waals surface area (Å²) >= 11 is 0. The van der Waals surface area contributed by atoms with E-state index >= 15 is 0 Å². The van der Waals surface area contributed by atoms with E-state index in [-0.39, 0.29) is 0 Å². The molecule has 1 aliphatic heterocycles. The van der Waals surface area contributed by atoms with E-state index in [1.807, 2.05) is 6.07 Å². The van der Waals surface area contributed by atoms with E-state index in [2.05, 4.69) is 35.1 Å². The molecule has 1 fully saturated rings. The first-order chi connectivity index (χ1) is 11.2. The molecular weight excluding hydrogens is 287 g/mol. The average molecular weight is 310 g/mol. The van der Waals surface area contributed by atoms with Gasteiger partial charge in [-0.25, -0.2) is 4.98 Å². The molecule has 23 heavy (non-hydrogen) atoms. The van der Waals surface area contributed by atoms with E-state index in [4.69, 9.17) is 0 Å². The van der Waals surface area contributed by atoms with Gasteiger partial charge in [0.2, 0.25) is 5.95 Å². The second kappa shape index (κ2) is 6.04. The highest BCUT2D eigenvalue weighted by Crippen LogP contribution is 2.40. The second-order valence-corrected chi connectivity index (χ2v) is 7.03. The second-order valence-electron chi connectivity index (χ2n) is 7.03. The molecule has 0 spiro atoms. The average Bonchev–Trinajstić information content (AvgIpc) is 3.14. The normalized spacial score (nSPS) is 24.1. The Hall–Kier alpha value is -1.74. The fraction of sp³-hybridized carbons (Fsp3) is 0.450. The molecule has 0 radical (unpaired) electrons. The minimum atomic E-state index is -0.410. The van der Waals surface area contributed by atoms with Crippen LogP contribution in [0.4, 0.5) is 4.39 Å². The lowest BCUT2D eigenvalue weighted by atomic mass is 9.91. The summed E-state index contributed by atoms with van der Waals surface area (Å²) in [5, 5.41) is 0. The highest BCUT2D eigenvalue weighted by molar-refractivity contribution is 5.65. The zero-order valence-corrected chi connectivity index (χ0v) is 13.6. The van der Waals surface area contributed by atoms with E-state index in [0.717, 1.165) is 17.2 Å². The van der Waals surface area contributed by atoms with Crippen molar-refractivity contribution in [2.75, 3.05) is 13.6 Å². The summed E-state index contributed by atoms with van der Waals surface area (Å²) in [5.41, 5.74) is 5.00. The van der Waals surface area contributed by atoms with Crippen molar-refractivity contribution in [3.8, 4) is 11.1 Å². The van der Waals surface area contributed by atoms with Crippen LogP contribution in [0.15, 0.2) is 36.5 Å². The largest absolute Gasteiger partial charge is 0.303 e. The summed E-state index contributed by atoms with van der Waals surface area (Å²) in [4.78, 5) is 6.17. The van der Waals surface area contributed by atoms with Crippen molar-refractivity contribution < 1.29 is 4.39 Å². The maximum atomic E-state index is 13.4. The first-order valence-electron chi connectivity index (χ1n) is 8.66. The summed E-state index contributed by atoms with van der Waals surface area (Å²) in [5.74, 6) is 0.245. The van der Waals surface area contributed by atoms with Crippen molar-refractivity contribution in [2.45, 2.75) is 44.1 Å². The van der Waals surface area contributed by atoms with Gasteiger partial charge in [-0.2, -0.15) is 4.39 Å². The maximum absolute atomic E-state index is 13.4. The van der Waals surface area contributed by atoms with Gasteiger partial charge in [-0.3, -0.25) is 0 Å². The van der Waals surface area contributed by atoms with Crippen LogP contribution >= 0.6 is 0 Å². The van der Waals surface area contributed by atoms with Gasteiger partial charge in [0.25, 0.3) is 0 Å². The van der Waals surface area contributed by atoms with Crippen LogP contribution in [0, 0.1) is 5.95 Å². The predicted molar refractivity (Wildman–Crippen MR) is 91.0 cm³/mol. The van der Waals surface area contributed by atoms with Crippen molar-refractivity contribution in [3.05, 3.63) is 53.6 Å². The number of hydrogen-bond acceptors (Lipinski definition) is 2. The molecule has 0 saturated carbocycles. The Morgan fingerprint density at radius 3 is 2.83 bits per heavy atom. The standard InChI is InChI=1S/C20H23FN2/c1-23-10-2-3-18(23)11-17-7-5-14-4-6-15(12-19(14)17)16-8-9-22-20(21)13-16/h4,6,8-9,12-13,17-18H,2-3,5,7,10-11H2,1H3/t17?,18-/m1/s1. The van der Waals surface area contributed by atoms with Crippen LogP contribution in [0.5, 0.6) is 0 Å². The van der Waals surface area contributed by atoms with E-state index in [1.165, 1.54) is 55.8 Å². The molecule has 0 N–H and O–H groups in total. The summed E-state index contributed by atoms with van der Waals surface area (Å²) in [7, 11) is 2.25. The third-order valence-electron chi connectivity index (χ3n) is 5.64. The SMILES string of the molecule is CN1CCC[C@@H]1CC1CCc2ccc(-c3ccnc(F)c3)cc21. The molecule has 2 atom stereocenters. The number of rotatable bonds is 3. The quantitative estimate of drug-likeness (QED) is 0.781. The molecule has 0 amide bonds. The zero-order valence-electron chi connectivity index (χ0n) is 13.6. The van der Waals surface area contributed by atoms with Crippen molar-refractivity contribution in [2.24, 2.45) is 0 Å². The van der Waals surface area contributed by atoms with Crippen LogP contribution in [0.1, 0.15) is 42.7 Å². The van der Waals surface area contributed by atoms with Gasteiger partial charge in [-0.15, -0.1) is 0 Å². The summed E-state index contributed by atoms with van der Waals surface area (Å²) in [6, 6.07) is 10.8. The van der Waals surface area contributed by atoms with Crippen LogP contribution in [0.2, 0.25) is 0 Å². The van der Waals surface area contributed by atoms with Crippen LogP contribution in [0.3, 0.4) is 0 Å². The number of aryl methyl sites for hydroxylation is 1. The Morgan fingerprint density at radius 2 is 2.04 bits per heavy atom. The number of likely N-dealkylation sites (tertiary alicyclic amines) is 1. The van der Waals surface area contributed by atoms with E-state index in [1.54, 1.807) is 6.20 Å². The van der Waals surface area contributed by atoms with Crippen LogP contribution in [-0.2, 0) is 6.42 Å². The lowest BCUT2D eigenvalue weighted by molar-refractivity contribution is 0.281. The van der Waals surface area contributed by atoms with Crippen LogP contribution < -0.4 is 0 Å². The molecule has 1 saturated heterocycles. The van der Waals surface area contributed by atoms with Gasteiger partial charge in [-0.05, 0) is 79.9 Å². The molecule has 1 aromatic heterocycles. The molecule has 1 unspecified atom stereocenters. The topological polar surface area (TPSA) is 16.1 Å². The highest BCUT2D eigenvalue weighted by atomic mass is 19.1. The smallest absolute Gasteiger partial charge is 0.213 e. The Balaban J connectivity index is 1.61. The first kappa shape index (κ1) is 14.8. The Bertz CT molecular complexity index is 713. The predicted octanol–water partition coefficient (Wildman–Crippen LogP) is 4.40. The van der Waals surface area contributed by atoms with Crippen molar-refractivity contribution in [3.63, 3.8) is 0 Å². The van der Waals surface area contributed by atoms with Gasteiger partial charge < -0.3 is 4.90 Å². The number of aromatic nitrogens is 1. The van der Waals surface area contributed by atoms with Gasteiger partial charge in [0.05, 0.1) is 0 Å². The Morgan fingerprint density at radius 1 is 1.17 bits per heavy atom. The summed E-state index contributed by atoms with van der Waals surface area (Å²) in [6.07, 6.45) is 7.91. The third-order valence-corrected chi connectivity index (χ3v) is 5.64. The van der Waals surface area contributed by atoms with Gasteiger partial charge in [-0.1, -0.05) is 18.2 Å². The first-order valence-corrected chi connectivity index (χ1v) is 8.66. The van der Waals surface area contributed by atoms with E-state index in [0.29, 0.717) is 5.92 Å². The van der Waals surface area contributed by atoms with Crippen molar-refractivity contribution in [1.29, 1.82) is 0 Å². The zero-order chi connectivity index (χ0) is 15.8. The van der Waals surface area contributed by atoms with Crippen LogP contribution in [0.25, 0.3) is 11.1 Å². The molecule has 0 bridgehead atoms. The van der Waals surface area contributed by atoms with E-state index < -0.39 is 5.95 Å². The Kier molecular flexibility index (Phi) is 3.90. The minimum Gasteiger partial charge on any atom is -0.303 e. The van der Waals surface area contributed by atoms with Gasteiger partial charge >= 0.3 is 0 Å². The van der Waals surface area contributed by atoms with Crippen molar-refractivity contribution in [1.82, 2.24) is 9.88 Å². The van der Waals surface area contributed by atoms with Crippen molar-refractivity contribution >= 4 is 0 Å². The molecule has 2 aliphatic rings. The molecule has 2 heterocycles. The summed E-state index contributed by atoms with van der Waals surface area (Å²) < 4.78 is 13.4. The molecule has 2 nitrogen and oxygen atoms in total. The third kappa shape index (κ3) is 2.90. The molecule has 4 rings (SSSR count). The lowest BCUT2D eigenvalue weighted by Crippen LogP contribution is -2.26. The number of hydrogen-bond donors (Lipinski definition) is 0. The fourth-order valence-corrected chi connectivity index (χ4v) is 4.30. The molecule has 1 aromatic carbocycles. The number of pyridine rings is 1. The molecule has 1 aliphatic carbocycles. The molecular formula is C20H23FN2. The number of benzene rings is 1. The molecule has 3 heteroatoms. The number of nitrogens with zero attached hydrogens (tertiary/aromatic N) is 2. The van der Waals surface area contributed by atoms with E-state index in [9.17, 15) is 4.39 Å². The monoisotopic (exact) mass is 310 g/mol. The number of halogens is 1. The minimum absolute atomic E-state index is 0.410. The lowest BCUT2D eigenvalue weighted by Gasteiger charge is -2.23. The van der Waals surface area contributed by atoms with Gasteiger partial charge in [0.1, 0.15) is 0 Å². The van der Waals surface area contributed by atoms with Crippen LogP contribution in [-0.4, -0.2) is 29.5 Å². The fourth-order valence-electron chi connectivity index (χ4n) is 4.30.